The van der Waals surface area contributed by atoms with Crippen molar-refractivity contribution >= 4 is 47.1 Å². The van der Waals surface area contributed by atoms with E-state index in [9.17, 15) is 0 Å². The summed E-state index contributed by atoms with van der Waals surface area (Å²) in [4.78, 5) is 4.78. The van der Waals surface area contributed by atoms with Gasteiger partial charge in [-0.05, 0) is 0 Å². The Hall–Kier alpha value is -0.761. The molecule has 0 N–H and O–H groups in total. The predicted molar refractivity (Wildman–Crippen MR) is 78.7 cm³/mol. The average molecular weight is 306 g/mol. The van der Waals surface area contributed by atoms with E-state index >= 15 is 0 Å². The summed E-state index contributed by atoms with van der Waals surface area (Å²) in [6.07, 6.45) is 1.36. The first-order chi connectivity index (χ1) is 8.42. The Bertz CT molecular complexity index is 557. The van der Waals surface area contributed by atoms with Gasteiger partial charge in [0.1, 0.15) is 0 Å². The molecule has 1 nitrogen and oxygen atoms in total. The average Bonchev–Trinajstić information content (AvgIpc) is 2.40. The molecule has 0 bridgehead atoms. The van der Waals surface area contributed by atoms with Crippen molar-refractivity contribution in [2.45, 2.75) is 11.7 Å². The molecule has 0 saturated carbocycles. The molecule has 3 rings (SSSR count). The summed E-state index contributed by atoms with van der Waals surface area (Å²) >= 11 is 2.55. The molecule has 0 spiro atoms. The van der Waals surface area contributed by atoms with Crippen LogP contribution >= 0.6 is 11.8 Å². The summed E-state index contributed by atoms with van der Waals surface area (Å²) in [5, 5.41) is 3.92. The Labute approximate surface area is 112 Å². The van der Waals surface area contributed by atoms with Gasteiger partial charge >= 0.3 is 112 Å². The van der Waals surface area contributed by atoms with E-state index in [0.29, 0.717) is 15.0 Å². The van der Waals surface area contributed by atoms with Gasteiger partial charge in [0, 0.05) is 0 Å². The number of nitrogens with zero attached hydrogens (tertiary/aromatic N) is 1. The van der Waals surface area contributed by atoms with Gasteiger partial charge in [0.25, 0.3) is 0 Å². The van der Waals surface area contributed by atoms with E-state index < -0.39 is 0 Å². The Kier molecular flexibility index (Phi) is 3.51. The van der Waals surface area contributed by atoms with Crippen molar-refractivity contribution in [1.82, 2.24) is 0 Å². The van der Waals surface area contributed by atoms with E-state index in [1.54, 1.807) is 0 Å². The van der Waals surface area contributed by atoms with Crippen LogP contribution in [0, 0.1) is 0 Å². The summed E-state index contributed by atoms with van der Waals surface area (Å²) in [6.45, 7) is 0. The first-order valence-corrected chi connectivity index (χ1v) is 8.80. The van der Waals surface area contributed by atoms with Crippen LogP contribution in [0.4, 0.5) is 5.69 Å². The van der Waals surface area contributed by atoms with Crippen LogP contribution in [0.2, 0.25) is 5.32 Å². The van der Waals surface area contributed by atoms with E-state index in [0.717, 1.165) is 5.69 Å². The van der Waals surface area contributed by atoms with Gasteiger partial charge < -0.3 is 0 Å². The third kappa shape index (κ3) is 2.74. The summed E-state index contributed by atoms with van der Waals surface area (Å²) in [7, 11) is 0. The molecule has 0 unspecified atom stereocenters. The van der Waals surface area contributed by atoms with Crippen LogP contribution in [0.5, 0.6) is 0 Å². The Morgan fingerprint density at radius 1 is 1.06 bits per heavy atom. The maximum atomic E-state index is 4.78. The summed E-state index contributed by atoms with van der Waals surface area (Å²) < 4.78 is 1.36. The second-order valence-electron chi connectivity index (χ2n) is 3.96. The Morgan fingerprint density at radius 3 is 2.76 bits per heavy atom. The summed E-state index contributed by atoms with van der Waals surface area (Å²) in [6, 6.07) is 14.9. The minimum atomic E-state index is 0.606. The zero-order chi connectivity index (χ0) is 11.5. The third-order valence-electron chi connectivity index (χ3n) is 2.69. The SMILES string of the molecule is c1ccc2cc(N=C3SCCC[Se]3)ccc2c1. The van der Waals surface area contributed by atoms with Gasteiger partial charge in [-0.1, -0.05) is 0 Å². The second-order valence-corrected chi connectivity index (χ2v) is 7.90. The number of fused-ring (bicyclic) bond motifs is 1. The molecular weight excluding hydrogens is 293 g/mol. The van der Waals surface area contributed by atoms with E-state index in [1.807, 2.05) is 11.8 Å². The number of aliphatic imine (C=N–C) groups is 1. The normalized spacial score (nSPS) is 18.7. The van der Waals surface area contributed by atoms with Crippen LogP contribution in [0.3, 0.4) is 0 Å². The molecule has 0 atom stereocenters. The van der Waals surface area contributed by atoms with E-state index in [-0.39, 0.29) is 0 Å². The van der Waals surface area contributed by atoms with Crippen LogP contribution in [-0.2, 0) is 0 Å². The van der Waals surface area contributed by atoms with Crippen LogP contribution < -0.4 is 0 Å². The number of hydrogen-bond acceptors (Lipinski definition) is 2. The monoisotopic (exact) mass is 307 g/mol. The van der Waals surface area contributed by atoms with Gasteiger partial charge in [-0.2, -0.15) is 0 Å². The second kappa shape index (κ2) is 5.26. The topological polar surface area (TPSA) is 12.4 Å². The van der Waals surface area contributed by atoms with E-state index in [2.05, 4.69) is 42.5 Å². The number of benzene rings is 2. The van der Waals surface area contributed by atoms with Crippen molar-refractivity contribution < 1.29 is 0 Å². The van der Waals surface area contributed by atoms with Crippen LogP contribution in [0.1, 0.15) is 6.42 Å². The molecule has 1 saturated heterocycles. The molecule has 2 aromatic rings. The van der Waals surface area contributed by atoms with Gasteiger partial charge in [-0.3, -0.25) is 0 Å². The molecule has 0 amide bonds. The van der Waals surface area contributed by atoms with Crippen LogP contribution in [0.15, 0.2) is 47.5 Å². The van der Waals surface area contributed by atoms with Crippen LogP contribution in [-0.4, -0.2) is 24.7 Å². The number of hydrogen-bond donors (Lipinski definition) is 0. The first-order valence-electron chi connectivity index (χ1n) is 5.75. The Balaban J connectivity index is 1.95. The van der Waals surface area contributed by atoms with Crippen molar-refractivity contribution in [3.63, 3.8) is 0 Å². The molecule has 0 radical (unpaired) electrons. The van der Waals surface area contributed by atoms with Crippen LogP contribution in [0.25, 0.3) is 10.8 Å². The summed E-state index contributed by atoms with van der Waals surface area (Å²) in [5.41, 5.74) is 1.11. The van der Waals surface area contributed by atoms with Crippen molar-refractivity contribution in [1.29, 1.82) is 0 Å². The number of thioether (sulfide) groups is 1. The third-order valence-corrected chi connectivity index (χ3v) is 6.62. The molecule has 3 heteroatoms. The fraction of sp³-hybridized carbons (Fsp3) is 0.214. The zero-order valence-electron chi connectivity index (χ0n) is 9.43. The van der Waals surface area contributed by atoms with Gasteiger partial charge in [-0.25, -0.2) is 0 Å². The fourth-order valence-corrected chi connectivity index (χ4v) is 5.78. The standard InChI is InChI=1S/C14H13NSSe/c1-2-5-12-10-13(7-6-11(12)4-1)15-14-16-8-3-9-17-14/h1-2,4-7,10H,3,8-9H2. The molecule has 0 aromatic heterocycles. The van der Waals surface area contributed by atoms with Gasteiger partial charge in [0.15, 0.2) is 0 Å². The molecular formula is C14H13NSSe. The van der Waals surface area contributed by atoms with E-state index in [4.69, 9.17) is 4.99 Å². The molecule has 2 aromatic carbocycles. The van der Waals surface area contributed by atoms with Gasteiger partial charge in [-0.15, -0.1) is 0 Å². The zero-order valence-corrected chi connectivity index (χ0v) is 12.0. The van der Waals surface area contributed by atoms with Gasteiger partial charge in [0.2, 0.25) is 0 Å². The van der Waals surface area contributed by atoms with Crippen molar-refractivity contribution in [3.8, 4) is 0 Å². The predicted octanol–water partition coefficient (Wildman–Crippen LogP) is 4.09. The van der Waals surface area contributed by atoms with Crippen molar-refractivity contribution in [2.75, 3.05) is 5.75 Å². The Morgan fingerprint density at radius 2 is 1.94 bits per heavy atom. The van der Waals surface area contributed by atoms with Gasteiger partial charge in [0.05, 0.1) is 0 Å². The fourth-order valence-electron chi connectivity index (χ4n) is 1.84. The summed E-state index contributed by atoms with van der Waals surface area (Å²) in [5.74, 6) is 1.24. The van der Waals surface area contributed by atoms with Crippen molar-refractivity contribution in [3.05, 3.63) is 42.5 Å². The quantitative estimate of drug-likeness (QED) is 0.723. The molecule has 1 fully saturated rings. The molecule has 1 heterocycles. The van der Waals surface area contributed by atoms with E-state index in [1.165, 1.54) is 32.2 Å². The molecule has 1 aliphatic heterocycles. The molecule has 86 valence electrons. The number of rotatable bonds is 1. The molecule has 1 aliphatic rings. The molecule has 0 aliphatic carbocycles. The minimum absolute atomic E-state index is 0.606. The molecule has 17 heavy (non-hydrogen) atoms. The maximum absolute atomic E-state index is 4.78. The van der Waals surface area contributed by atoms with Crippen molar-refractivity contribution in [2.24, 2.45) is 4.99 Å². The first kappa shape index (κ1) is 11.3.